The molecular weight excluding hydrogens is 1250 g/mol. The highest BCUT2D eigenvalue weighted by molar-refractivity contribution is 5.99. The van der Waals surface area contributed by atoms with Crippen LogP contribution in [0.4, 0.5) is 0 Å². The number of benzene rings is 2. The van der Waals surface area contributed by atoms with Crippen molar-refractivity contribution in [3.63, 3.8) is 0 Å². The lowest BCUT2D eigenvalue weighted by Crippen LogP contribution is -2.60. The van der Waals surface area contributed by atoms with E-state index in [0.29, 0.717) is 30.4 Å². The summed E-state index contributed by atoms with van der Waals surface area (Å²) in [4.78, 5) is 172. The van der Waals surface area contributed by atoms with Gasteiger partial charge in [-0.2, -0.15) is 0 Å². The standard InChI is InChI=1S/C60H99N25O11/c61-25-9-7-19-39-50(90)81-42(23-13-29-73-59(67)68)53(93)82-43(24-14-30-74-60(69)70)54(94)85-45(32-37-17-5-2-6-18-37)56(96)84-40(20-8-10-26-62)51(91)80-41(22-12-28-72-58(65)66)52(92)79-38(21-11-27-71-57(63)64)49(89)77-34-47(87)75-33-46(86)76-35-48(88)78-44(55(95)83-39)31-36-15-3-1-4-16-36/h1-6,15-18,38-45H,7-14,19-35,61-62H2,(H,75,87)(H,76,86)(H,77,89)(H,78,88)(H,79,92)(H,80,91)(H,81,90)(H,82,93)(H,83,95)(H,84,96)(H,85,94)(H4,63,64,71)(H4,65,66,72)(H4,67,68,73)(H4,69,70,74)/t38-,39-,40-,41-,42-,43-,44-,45-/m0/s1. The molecule has 0 saturated carbocycles. The first-order valence-corrected chi connectivity index (χ1v) is 31.8. The molecule has 1 aliphatic heterocycles. The van der Waals surface area contributed by atoms with Gasteiger partial charge in [0, 0.05) is 39.0 Å². The summed E-state index contributed by atoms with van der Waals surface area (Å²) in [5, 5.41) is 28.7. The van der Waals surface area contributed by atoms with Gasteiger partial charge in [0.1, 0.15) is 48.3 Å². The summed E-state index contributed by atoms with van der Waals surface area (Å²) >= 11 is 0. The third-order valence-corrected chi connectivity index (χ3v) is 14.6. The molecule has 0 radical (unpaired) electrons. The Labute approximate surface area is 557 Å². The van der Waals surface area contributed by atoms with Crippen LogP contribution in [0, 0.1) is 0 Å². The van der Waals surface area contributed by atoms with Gasteiger partial charge in [0.05, 0.1) is 19.6 Å². The Bertz CT molecular complexity index is 2960. The van der Waals surface area contributed by atoms with Crippen molar-refractivity contribution < 1.29 is 52.7 Å². The van der Waals surface area contributed by atoms with Gasteiger partial charge in [-0.25, -0.2) is 0 Å². The molecule has 1 fully saturated rings. The number of rotatable bonds is 28. The highest BCUT2D eigenvalue weighted by Crippen LogP contribution is 2.13. The number of nitrogens with two attached hydrogens (primary N) is 10. The van der Waals surface area contributed by atoms with E-state index in [1.807, 2.05) is 0 Å². The minimum atomic E-state index is -1.48. The number of carbonyl (C=O) groups is 11. The molecule has 2 aromatic rings. The Kier molecular flexibility index (Phi) is 37.5. The highest BCUT2D eigenvalue weighted by Gasteiger charge is 2.35. The van der Waals surface area contributed by atoms with Crippen LogP contribution < -0.4 is 116 Å². The van der Waals surface area contributed by atoms with Gasteiger partial charge in [0.15, 0.2) is 23.8 Å². The van der Waals surface area contributed by atoms with Gasteiger partial charge in [0.2, 0.25) is 65.0 Å². The topological polar surface area (TPSA) is 630 Å². The Morgan fingerprint density at radius 2 is 0.552 bits per heavy atom. The van der Waals surface area contributed by atoms with Crippen LogP contribution in [0.3, 0.4) is 0 Å². The van der Waals surface area contributed by atoms with E-state index in [2.05, 4.69) is 78.5 Å². The summed E-state index contributed by atoms with van der Waals surface area (Å²) in [6.45, 7) is -1.68. The van der Waals surface area contributed by atoms with E-state index in [4.69, 9.17) is 57.3 Å². The first-order valence-electron chi connectivity index (χ1n) is 31.8. The zero-order valence-electron chi connectivity index (χ0n) is 54.1. The smallest absolute Gasteiger partial charge is 0.243 e. The molecule has 31 N–H and O–H groups in total. The summed E-state index contributed by atoms with van der Waals surface area (Å²) in [5.74, 6) is -10.6. The monoisotopic (exact) mass is 1350 g/mol. The number of unbranched alkanes of at least 4 members (excludes halogenated alkanes) is 2. The Morgan fingerprint density at radius 3 is 0.854 bits per heavy atom. The summed E-state index contributed by atoms with van der Waals surface area (Å²) in [6.07, 6.45) is 0.935. The largest absolute Gasteiger partial charge is 0.370 e. The molecule has 36 heteroatoms. The van der Waals surface area contributed by atoms with E-state index in [-0.39, 0.29) is 147 Å². The number of nitrogens with zero attached hydrogens (tertiary/aromatic N) is 4. The Morgan fingerprint density at radius 1 is 0.302 bits per heavy atom. The number of carbonyl (C=O) groups excluding carboxylic acids is 11. The number of amides is 11. The van der Waals surface area contributed by atoms with Crippen molar-refractivity contribution in [3.05, 3.63) is 71.8 Å². The number of aliphatic imine (C=N–C) groups is 4. The average Bonchev–Trinajstić information content (AvgIpc) is 0.934. The number of hydrogen-bond donors (Lipinski definition) is 21. The maximum atomic E-state index is 14.9. The second-order valence-corrected chi connectivity index (χ2v) is 22.6. The molecule has 0 aromatic heterocycles. The lowest BCUT2D eigenvalue weighted by Gasteiger charge is -2.28. The fraction of sp³-hybridized carbons (Fsp3) is 0.550. The highest BCUT2D eigenvalue weighted by atomic mass is 16.2. The average molecular weight is 1350 g/mol. The maximum absolute atomic E-state index is 14.9. The van der Waals surface area contributed by atoms with Gasteiger partial charge in [-0.1, -0.05) is 60.7 Å². The Hall–Kier alpha value is -10.4. The summed E-state index contributed by atoms with van der Waals surface area (Å²) in [6, 6.07) is 5.71. The Balaban J connectivity index is 2.27. The lowest BCUT2D eigenvalue weighted by atomic mass is 10.0. The molecular formula is C60H99N25O11. The minimum Gasteiger partial charge on any atom is -0.370 e. The van der Waals surface area contributed by atoms with Crippen molar-refractivity contribution in [1.29, 1.82) is 0 Å². The van der Waals surface area contributed by atoms with Crippen LogP contribution in [0.2, 0.25) is 0 Å². The first-order chi connectivity index (χ1) is 45.9. The second-order valence-electron chi connectivity index (χ2n) is 22.6. The molecule has 0 bridgehead atoms. The third-order valence-electron chi connectivity index (χ3n) is 14.6. The number of nitrogens with one attached hydrogen (secondary N) is 11. The minimum absolute atomic E-state index is 0.00344. The summed E-state index contributed by atoms with van der Waals surface area (Å²) in [5.41, 5.74) is 57.6. The molecule has 1 saturated heterocycles. The van der Waals surface area contributed by atoms with Crippen molar-refractivity contribution >= 4 is 88.8 Å². The van der Waals surface area contributed by atoms with E-state index in [0.717, 1.165) is 0 Å². The number of guanidine groups is 4. The molecule has 0 aliphatic carbocycles. The van der Waals surface area contributed by atoms with E-state index < -0.39 is 133 Å². The van der Waals surface area contributed by atoms with Crippen LogP contribution in [0.1, 0.15) is 101 Å². The molecule has 0 spiro atoms. The molecule has 11 amide bonds. The van der Waals surface area contributed by atoms with Crippen LogP contribution in [-0.2, 0) is 65.6 Å². The van der Waals surface area contributed by atoms with Gasteiger partial charge in [-0.3, -0.25) is 72.7 Å². The van der Waals surface area contributed by atoms with Crippen LogP contribution >= 0.6 is 0 Å². The molecule has 2 aromatic carbocycles. The number of hydrogen-bond acceptors (Lipinski definition) is 17. The summed E-state index contributed by atoms with van der Waals surface area (Å²) < 4.78 is 0. The molecule has 1 heterocycles. The normalized spacial score (nSPS) is 21.2. The van der Waals surface area contributed by atoms with E-state index >= 15 is 0 Å². The summed E-state index contributed by atoms with van der Waals surface area (Å²) in [7, 11) is 0. The van der Waals surface area contributed by atoms with Gasteiger partial charge in [0.25, 0.3) is 0 Å². The molecule has 3 rings (SSSR count). The van der Waals surface area contributed by atoms with Crippen LogP contribution in [0.5, 0.6) is 0 Å². The molecule has 8 atom stereocenters. The van der Waals surface area contributed by atoms with Gasteiger partial charge < -0.3 is 116 Å². The maximum Gasteiger partial charge on any atom is 0.243 e. The van der Waals surface area contributed by atoms with Gasteiger partial charge >= 0.3 is 0 Å². The SMILES string of the molecule is NCCCC[C@@H]1NC(=O)[C@H](Cc2ccccc2)NC(=O)CNC(=O)CNC(=O)CNC(=O)[C@H](CCCN=C(N)N)NC(=O)[C@H](CCCN=C(N)N)NC(=O)[C@H](CCCCN)NC(=O)[C@H](Cc2ccccc2)NC(=O)[C@H](CCCN=C(N)N)NC(=O)[C@H](CCCN=C(N)N)NC1=O. The van der Waals surface area contributed by atoms with Crippen molar-refractivity contribution in [2.45, 2.75) is 151 Å². The second kappa shape index (κ2) is 45.0. The fourth-order valence-electron chi connectivity index (χ4n) is 9.66. The molecule has 36 nitrogen and oxygen atoms in total. The van der Waals surface area contributed by atoms with Crippen molar-refractivity contribution in [1.82, 2.24) is 58.5 Å². The van der Waals surface area contributed by atoms with E-state index in [1.54, 1.807) is 60.7 Å². The molecule has 530 valence electrons. The van der Waals surface area contributed by atoms with E-state index in [1.165, 1.54) is 0 Å². The van der Waals surface area contributed by atoms with Crippen molar-refractivity contribution in [2.75, 3.05) is 58.9 Å². The predicted molar refractivity (Wildman–Crippen MR) is 360 cm³/mol. The molecule has 1 aliphatic rings. The van der Waals surface area contributed by atoms with Crippen molar-refractivity contribution in [2.24, 2.45) is 77.3 Å². The van der Waals surface area contributed by atoms with Crippen molar-refractivity contribution in [3.8, 4) is 0 Å². The zero-order valence-corrected chi connectivity index (χ0v) is 54.1. The third kappa shape index (κ3) is 33.4. The fourth-order valence-corrected chi connectivity index (χ4v) is 9.66. The van der Waals surface area contributed by atoms with Crippen LogP contribution in [-0.4, -0.2) is 196 Å². The van der Waals surface area contributed by atoms with Crippen LogP contribution in [0.15, 0.2) is 80.6 Å². The zero-order chi connectivity index (χ0) is 70.8. The molecule has 96 heavy (non-hydrogen) atoms. The lowest BCUT2D eigenvalue weighted by molar-refractivity contribution is -0.136. The van der Waals surface area contributed by atoms with Crippen LogP contribution in [0.25, 0.3) is 0 Å². The van der Waals surface area contributed by atoms with E-state index in [9.17, 15) is 52.7 Å². The molecule has 0 unspecified atom stereocenters. The van der Waals surface area contributed by atoms with Gasteiger partial charge in [-0.15, -0.1) is 0 Å². The quantitative estimate of drug-likeness (QED) is 0.0214. The first kappa shape index (κ1) is 79.8. The van der Waals surface area contributed by atoms with Gasteiger partial charge in [-0.05, 0) is 114 Å². The predicted octanol–water partition coefficient (Wildman–Crippen LogP) is -7.82.